The molecule has 0 radical (unpaired) electrons. The summed E-state index contributed by atoms with van der Waals surface area (Å²) in [5.41, 5.74) is 2.57. The van der Waals surface area contributed by atoms with Gasteiger partial charge in [-0.2, -0.15) is 0 Å². The Hall–Kier alpha value is -2.05. The van der Waals surface area contributed by atoms with Crippen LogP contribution in [0, 0.1) is 0 Å². The third kappa shape index (κ3) is 7.06. The highest BCUT2D eigenvalue weighted by molar-refractivity contribution is 5.83. The Bertz CT molecular complexity index is 654. The third-order valence-electron chi connectivity index (χ3n) is 4.08. The number of H-pyrrole nitrogens is 1. The van der Waals surface area contributed by atoms with Crippen LogP contribution < -0.4 is 10.6 Å². The van der Waals surface area contributed by atoms with Crippen LogP contribution in [0.1, 0.15) is 25.3 Å². The van der Waals surface area contributed by atoms with Crippen LogP contribution in [-0.4, -0.2) is 57.5 Å². The number of aromatic nitrogens is 1. The molecule has 6 nitrogen and oxygen atoms in total. The van der Waals surface area contributed by atoms with Gasteiger partial charge in [0.2, 0.25) is 0 Å². The van der Waals surface area contributed by atoms with Crippen molar-refractivity contribution in [3.8, 4) is 0 Å². The van der Waals surface area contributed by atoms with Gasteiger partial charge in [0.1, 0.15) is 0 Å². The van der Waals surface area contributed by atoms with Gasteiger partial charge >= 0.3 is 0 Å². The Labute approximate surface area is 156 Å². The van der Waals surface area contributed by atoms with Crippen molar-refractivity contribution in [2.75, 3.05) is 46.6 Å². The second kappa shape index (κ2) is 12.3. The zero-order chi connectivity index (χ0) is 18.5. The summed E-state index contributed by atoms with van der Waals surface area (Å²) in [6.07, 6.45) is 5.11. The summed E-state index contributed by atoms with van der Waals surface area (Å²) in [6.45, 7) is 6.62. The van der Waals surface area contributed by atoms with Gasteiger partial charge in [-0.05, 0) is 37.8 Å². The molecule has 1 heterocycles. The Morgan fingerprint density at radius 3 is 2.85 bits per heavy atom. The molecular formula is C20H32N4O2. The fourth-order valence-corrected chi connectivity index (χ4v) is 2.77. The van der Waals surface area contributed by atoms with Crippen molar-refractivity contribution in [3.63, 3.8) is 0 Å². The summed E-state index contributed by atoms with van der Waals surface area (Å²) in [6, 6.07) is 8.43. The fourth-order valence-electron chi connectivity index (χ4n) is 2.77. The summed E-state index contributed by atoms with van der Waals surface area (Å²) in [7, 11) is 1.68. The van der Waals surface area contributed by atoms with Crippen LogP contribution in [0.4, 0.5) is 0 Å². The van der Waals surface area contributed by atoms with E-state index < -0.39 is 0 Å². The van der Waals surface area contributed by atoms with Crippen molar-refractivity contribution in [2.45, 2.75) is 26.2 Å². The van der Waals surface area contributed by atoms with E-state index in [1.54, 1.807) is 7.11 Å². The number of fused-ring (bicyclic) bond motifs is 1. The second-order valence-corrected chi connectivity index (χ2v) is 6.11. The largest absolute Gasteiger partial charge is 0.382 e. The number of ether oxygens (including phenoxy) is 2. The number of rotatable bonds is 12. The van der Waals surface area contributed by atoms with E-state index in [1.807, 2.05) is 0 Å². The Kier molecular flexibility index (Phi) is 9.61. The lowest BCUT2D eigenvalue weighted by atomic mass is 10.1. The van der Waals surface area contributed by atoms with Gasteiger partial charge in [0, 0.05) is 50.5 Å². The van der Waals surface area contributed by atoms with E-state index in [1.165, 1.54) is 16.5 Å². The summed E-state index contributed by atoms with van der Waals surface area (Å²) in [5, 5.41) is 7.96. The molecule has 0 amide bonds. The lowest BCUT2D eigenvalue weighted by molar-refractivity contribution is 0.0698. The minimum absolute atomic E-state index is 0.647. The van der Waals surface area contributed by atoms with Crippen LogP contribution in [0.15, 0.2) is 35.5 Å². The molecule has 3 N–H and O–H groups in total. The summed E-state index contributed by atoms with van der Waals surface area (Å²) < 4.78 is 10.4. The number of benzene rings is 1. The van der Waals surface area contributed by atoms with Crippen molar-refractivity contribution >= 4 is 16.9 Å². The number of aliphatic imine (C=N–C) groups is 1. The summed E-state index contributed by atoms with van der Waals surface area (Å²) >= 11 is 0. The van der Waals surface area contributed by atoms with Crippen molar-refractivity contribution in [3.05, 3.63) is 36.0 Å². The van der Waals surface area contributed by atoms with Crippen LogP contribution in [-0.2, 0) is 15.9 Å². The molecule has 6 heteroatoms. The SMILES string of the molecule is CCNC(=NCCCc1c[nH]c2ccccc12)NCCCOCCOC. The first-order chi connectivity index (χ1) is 12.8. The standard InChI is InChI=1S/C20H32N4O2/c1-3-21-20(23-12-7-13-26-15-14-25-2)22-11-6-8-17-16-24-19-10-5-4-9-18(17)19/h4-5,9-10,16,24H,3,6-8,11-15H2,1-2H3,(H2,21,22,23). The lowest BCUT2D eigenvalue weighted by Gasteiger charge is -2.11. The highest BCUT2D eigenvalue weighted by Gasteiger charge is 2.02. The first-order valence-electron chi connectivity index (χ1n) is 9.49. The van der Waals surface area contributed by atoms with Gasteiger partial charge in [-0.3, -0.25) is 4.99 Å². The third-order valence-corrected chi connectivity index (χ3v) is 4.08. The predicted molar refractivity (Wildman–Crippen MR) is 108 cm³/mol. The first kappa shape index (κ1) is 20.3. The molecular weight excluding hydrogens is 328 g/mol. The highest BCUT2D eigenvalue weighted by atomic mass is 16.5. The van der Waals surface area contributed by atoms with E-state index in [0.29, 0.717) is 13.2 Å². The van der Waals surface area contributed by atoms with Crippen LogP contribution in [0.5, 0.6) is 0 Å². The van der Waals surface area contributed by atoms with Gasteiger partial charge in [-0.15, -0.1) is 0 Å². The molecule has 2 aromatic rings. The van der Waals surface area contributed by atoms with Gasteiger partial charge < -0.3 is 25.1 Å². The van der Waals surface area contributed by atoms with Crippen LogP contribution in [0.2, 0.25) is 0 Å². The van der Waals surface area contributed by atoms with E-state index in [9.17, 15) is 0 Å². The molecule has 0 unspecified atom stereocenters. The second-order valence-electron chi connectivity index (χ2n) is 6.11. The maximum atomic E-state index is 5.46. The first-order valence-corrected chi connectivity index (χ1v) is 9.49. The average molecular weight is 361 g/mol. The van der Waals surface area contributed by atoms with Crippen LogP contribution in [0.3, 0.4) is 0 Å². The maximum absolute atomic E-state index is 5.46. The molecule has 26 heavy (non-hydrogen) atoms. The van der Waals surface area contributed by atoms with Gasteiger partial charge in [-0.1, -0.05) is 18.2 Å². The molecule has 0 bridgehead atoms. The zero-order valence-electron chi connectivity index (χ0n) is 16.0. The molecule has 0 saturated carbocycles. The molecule has 0 aliphatic rings. The minimum Gasteiger partial charge on any atom is -0.382 e. The molecule has 0 aliphatic heterocycles. The monoisotopic (exact) mass is 360 g/mol. The quantitative estimate of drug-likeness (QED) is 0.309. The molecule has 2 rings (SSSR count). The summed E-state index contributed by atoms with van der Waals surface area (Å²) in [5.74, 6) is 0.878. The number of hydrogen-bond donors (Lipinski definition) is 3. The van der Waals surface area contributed by atoms with E-state index in [4.69, 9.17) is 9.47 Å². The number of aryl methyl sites for hydroxylation is 1. The Balaban J connectivity index is 1.67. The minimum atomic E-state index is 0.647. The predicted octanol–water partition coefficient (Wildman–Crippen LogP) is 2.71. The zero-order valence-corrected chi connectivity index (χ0v) is 16.0. The van der Waals surface area contributed by atoms with E-state index in [0.717, 1.165) is 51.5 Å². The number of hydrogen-bond acceptors (Lipinski definition) is 3. The normalized spacial score (nSPS) is 11.8. The van der Waals surface area contributed by atoms with Crippen molar-refractivity contribution in [1.29, 1.82) is 0 Å². The molecule has 144 valence electrons. The van der Waals surface area contributed by atoms with Gasteiger partial charge in [0.05, 0.1) is 13.2 Å². The van der Waals surface area contributed by atoms with Gasteiger partial charge in [-0.25, -0.2) is 0 Å². The van der Waals surface area contributed by atoms with Crippen molar-refractivity contribution in [1.82, 2.24) is 15.6 Å². The van der Waals surface area contributed by atoms with E-state index in [2.05, 4.69) is 58.0 Å². The van der Waals surface area contributed by atoms with E-state index >= 15 is 0 Å². The van der Waals surface area contributed by atoms with Crippen LogP contribution in [0.25, 0.3) is 10.9 Å². The number of aromatic amines is 1. The Morgan fingerprint density at radius 1 is 1.12 bits per heavy atom. The number of guanidine groups is 1. The summed E-state index contributed by atoms with van der Waals surface area (Å²) in [4.78, 5) is 7.99. The lowest BCUT2D eigenvalue weighted by Crippen LogP contribution is -2.38. The van der Waals surface area contributed by atoms with Crippen LogP contribution >= 0.6 is 0 Å². The molecule has 0 fully saturated rings. The van der Waals surface area contributed by atoms with E-state index in [-0.39, 0.29) is 0 Å². The molecule has 1 aromatic heterocycles. The van der Waals surface area contributed by atoms with Crippen molar-refractivity contribution < 1.29 is 9.47 Å². The molecule has 0 atom stereocenters. The average Bonchev–Trinajstić information content (AvgIpc) is 3.07. The number of nitrogens with zero attached hydrogens (tertiary/aromatic N) is 1. The number of para-hydroxylation sites is 1. The Morgan fingerprint density at radius 2 is 2.00 bits per heavy atom. The molecule has 0 aliphatic carbocycles. The highest BCUT2D eigenvalue weighted by Crippen LogP contribution is 2.18. The molecule has 1 aromatic carbocycles. The van der Waals surface area contributed by atoms with Gasteiger partial charge in [0.15, 0.2) is 5.96 Å². The molecule has 0 saturated heterocycles. The number of nitrogens with one attached hydrogen (secondary N) is 3. The molecule has 0 spiro atoms. The number of methoxy groups -OCH3 is 1. The smallest absolute Gasteiger partial charge is 0.191 e. The van der Waals surface area contributed by atoms with Gasteiger partial charge in [0.25, 0.3) is 0 Å². The topological polar surface area (TPSA) is 70.7 Å². The maximum Gasteiger partial charge on any atom is 0.191 e. The fraction of sp³-hybridized carbons (Fsp3) is 0.550. The van der Waals surface area contributed by atoms with Crippen molar-refractivity contribution in [2.24, 2.45) is 4.99 Å².